The quantitative estimate of drug-likeness (QED) is 0.467. The number of rotatable bonds is 8. The van der Waals surface area contributed by atoms with Crippen LogP contribution in [0.15, 0.2) is 35.4 Å². The van der Waals surface area contributed by atoms with Crippen LogP contribution in [0.4, 0.5) is 0 Å². The number of hydrogen-bond acceptors (Lipinski definition) is 5. The summed E-state index contributed by atoms with van der Waals surface area (Å²) in [5.74, 6) is -0.444. The number of hydrogen-bond donors (Lipinski definition) is 3. The van der Waals surface area contributed by atoms with E-state index in [9.17, 15) is 13.2 Å². The van der Waals surface area contributed by atoms with Gasteiger partial charge in [-0.1, -0.05) is 13.3 Å². The van der Waals surface area contributed by atoms with Crippen LogP contribution in [-0.2, 0) is 34.1 Å². The lowest BCUT2D eigenvalue weighted by atomic mass is 9.93. The van der Waals surface area contributed by atoms with Crippen LogP contribution in [0.5, 0.6) is 0 Å². The Morgan fingerprint density at radius 2 is 2.03 bits per heavy atom. The molecule has 4 N–H and O–H groups in total. The summed E-state index contributed by atoms with van der Waals surface area (Å²) in [4.78, 5) is 11.7. The number of carbonyl (C=O) groups is 1. The number of nitrogens with two attached hydrogens (primary N) is 1. The van der Waals surface area contributed by atoms with Gasteiger partial charge in [-0.2, -0.15) is 10.2 Å². The van der Waals surface area contributed by atoms with E-state index in [4.69, 9.17) is 5.73 Å². The summed E-state index contributed by atoms with van der Waals surface area (Å²) in [6, 6.07) is 6.54. The molecule has 0 radical (unpaired) electrons. The number of nitrogens with one attached hydrogen (secondary N) is 2. The lowest BCUT2D eigenvalue weighted by Gasteiger charge is -2.15. The van der Waals surface area contributed by atoms with Gasteiger partial charge < -0.3 is 5.73 Å². The lowest BCUT2D eigenvalue weighted by molar-refractivity contribution is -0.117. The van der Waals surface area contributed by atoms with Crippen molar-refractivity contribution in [2.75, 3.05) is 6.54 Å². The van der Waals surface area contributed by atoms with Gasteiger partial charge in [-0.05, 0) is 43.5 Å². The van der Waals surface area contributed by atoms with Crippen LogP contribution < -0.4 is 10.5 Å². The molecule has 2 aromatic heterocycles. The van der Waals surface area contributed by atoms with Crippen LogP contribution >= 0.6 is 0 Å². The number of amides is 1. The fraction of sp³-hybridized carbons (Fsp3) is 0.350. The molecule has 1 aliphatic carbocycles. The molecule has 4 rings (SSSR count). The minimum absolute atomic E-state index is 0.0519. The second kappa shape index (κ2) is 8.04. The van der Waals surface area contributed by atoms with Crippen molar-refractivity contribution in [3.63, 3.8) is 0 Å². The molecule has 0 spiro atoms. The molecule has 158 valence electrons. The van der Waals surface area contributed by atoms with Gasteiger partial charge in [0.15, 0.2) is 0 Å². The van der Waals surface area contributed by atoms with Crippen molar-refractivity contribution in [1.82, 2.24) is 24.7 Å². The maximum Gasteiger partial charge on any atom is 0.240 e. The summed E-state index contributed by atoms with van der Waals surface area (Å²) in [6.07, 6.45) is 5.00. The van der Waals surface area contributed by atoms with Crippen LogP contribution in [0.3, 0.4) is 0 Å². The van der Waals surface area contributed by atoms with Crippen molar-refractivity contribution in [2.24, 2.45) is 5.73 Å². The topological polar surface area (TPSA) is 136 Å². The average Bonchev–Trinajstić information content (AvgIpc) is 3.32. The van der Waals surface area contributed by atoms with Gasteiger partial charge in [0, 0.05) is 23.4 Å². The van der Waals surface area contributed by atoms with Gasteiger partial charge in [0.25, 0.3) is 0 Å². The maximum absolute atomic E-state index is 12.4. The first-order valence-corrected chi connectivity index (χ1v) is 11.4. The van der Waals surface area contributed by atoms with Gasteiger partial charge in [0.2, 0.25) is 15.9 Å². The van der Waals surface area contributed by atoms with Crippen molar-refractivity contribution in [3.8, 4) is 16.9 Å². The molecule has 3 aromatic rings. The first-order chi connectivity index (χ1) is 14.4. The first-order valence-electron chi connectivity index (χ1n) is 9.92. The summed E-state index contributed by atoms with van der Waals surface area (Å²) >= 11 is 0. The van der Waals surface area contributed by atoms with Gasteiger partial charge in [-0.25, -0.2) is 17.8 Å². The Hall–Kier alpha value is -2.98. The minimum atomic E-state index is -3.56. The largest absolute Gasteiger partial charge is 0.369 e. The van der Waals surface area contributed by atoms with Crippen LogP contribution in [0.1, 0.15) is 36.7 Å². The van der Waals surface area contributed by atoms with Crippen molar-refractivity contribution >= 4 is 15.9 Å². The highest BCUT2D eigenvalue weighted by Crippen LogP contribution is 2.36. The number of benzene rings is 1. The summed E-state index contributed by atoms with van der Waals surface area (Å²) in [5.41, 5.74) is 10.5. The van der Waals surface area contributed by atoms with Crippen molar-refractivity contribution in [1.29, 1.82) is 0 Å². The van der Waals surface area contributed by atoms with Crippen LogP contribution in [0, 0.1) is 0 Å². The van der Waals surface area contributed by atoms with Crippen molar-refractivity contribution < 1.29 is 13.2 Å². The predicted octanol–water partition coefficient (Wildman–Crippen LogP) is 1.47. The normalized spacial score (nSPS) is 13.1. The molecule has 1 aromatic carbocycles. The molecule has 0 fully saturated rings. The predicted molar refractivity (Wildman–Crippen MR) is 112 cm³/mol. The Labute approximate surface area is 174 Å². The van der Waals surface area contributed by atoms with E-state index in [-0.39, 0.29) is 11.3 Å². The molecular formula is C20H24N6O3S. The Bertz CT molecular complexity index is 1180. The van der Waals surface area contributed by atoms with E-state index in [0.717, 1.165) is 48.2 Å². The SMILES string of the molecule is CCCCNS(=O)(=O)c1ccc(-n2nc(CC(N)=O)c3c2-c2cn[nH]c2CC3)cc1. The fourth-order valence-electron chi connectivity index (χ4n) is 3.72. The molecule has 1 aliphatic rings. The number of H-pyrrole nitrogens is 1. The number of unbranched alkanes of at least 4 members (excludes halogenated alkanes) is 1. The van der Waals surface area contributed by atoms with Crippen LogP contribution in [-0.4, -0.2) is 40.8 Å². The number of primary amides is 1. The Morgan fingerprint density at radius 3 is 2.73 bits per heavy atom. The van der Waals surface area contributed by atoms with Crippen LogP contribution in [0.25, 0.3) is 16.9 Å². The van der Waals surface area contributed by atoms with E-state index in [1.807, 2.05) is 6.92 Å². The van der Waals surface area contributed by atoms with Gasteiger partial charge in [0.05, 0.1) is 34.6 Å². The highest BCUT2D eigenvalue weighted by Gasteiger charge is 2.27. The van der Waals surface area contributed by atoms with E-state index < -0.39 is 15.9 Å². The molecule has 0 unspecified atom stereocenters. The molecule has 9 nitrogen and oxygen atoms in total. The summed E-state index contributed by atoms with van der Waals surface area (Å²) < 4.78 is 29.2. The summed E-state index contributed by atoms with van der Waals surface area (Å²) in [5, 5.41) is 11.8. The second-order valence-electron chi connectivity index (χ2n) is 7.34. The minimum Gasteiger partial charge on any atom is -0.369 e. The number of aromatic amines is 1. The standard InChI is InChI=1S/C20H24N6O3S/c1-2-3-10-23-30(28,29)14-6-4-13(5-7-14)26-20-15(18(25-26)11-19(21)27)8-9-17-16(20)12-22-24-17/h4-7,12,23H,2-3,8-11H2,1H3,(H2,21,27)(H,22,24). The van der Waals surface area contributed by atoms with E-state index in [1.165, 1.54) is 0 Å². The molecule has 30 heavy (non-hydrogen) atoms. The number of nitrogens with zero attached hydrogens (tertiary/aromatic N) is 3. The fourth-order valence-corrected chi connectivity index (χ4v) is 4.79. The summed E-state index contributed by atoms with van der Waals surface area (Å²) in [7, 11) is -3.56. The third-order valence-corrected chi connectivity index (χ3v) is 6.70. The highest BCUT2D eigenvalue weighted by atomic mass is 32.2. The third-order valence-electron chi connectivity index (χ3n) is 5.22. The van der Waals surface area contributed by atoms with E-state index in [1.54, 1.807) is 35.1 Å². The molecule has 0 aliphatic heterocycles. The molecular weight excluding hydrogens is 404 g/mol. The zero-order valence-corrected chi connectivity index (χ0v) is 17.5. The number of aryl methyl sites for hydroxylation is 1. The van der Waals surface area contributed by atoms with Gasteiger partial charge >= 0.3 is 0 Å². The van der Waals surface area contributed by atoms with E-state index >= 15 is 0 Å². The molecule has 10 heteroatoms. The maximum atomic E-state index is 12.4. The first kappa shape index (κ1) is 20.3. The number of sulfonamides is 1. The summed E-state index contributed by atoms with van der Waals surface area (Å²) in [6.45, 7) is 2.42. The molecule has 2 heterocycles. The van der Waals surface area contributed by atoms with Crippen molar-refractivity contribution in [3.05, 3.63) is 47.4 Å². The third kappa shape index (κ3) is 3.75. The average molecular weight is 429 g/mol. The van der Waals surface area contributed by atoms with Gasteiger partial charge in [-0.15, -0.1) is 0 Å². The molecule has 0 saturated heterocycles. The van der Waals surface area contributed by atoms with Gasteiger partial charge in [-0.3, -0.25) is 9.89 Å². The zero-order chi connectivity index (χ0) is 21.3. The monoisotopic (exact) mass is 428 g/mol. The van der Waals surface area contributed by atoms with E-state index in [0.29, 0.717) is 17.9 Å². The second-order valence-corrected chi connectivity index (χ2v) is 9.10. The Balaban J connectivity index is 1.73. The molecule has 0 atom stereocenters. The number of fused-ring (bicyclic) bond motifs is 3. The smallest absolute Gasteiger partial charge is 0.240 e. The molecule has 1 amide bonds. The Morgan fingerprint density at radius 1 is 1.27 bits per heavy atom. The number of carbonyl (C=O) groups excluding carboxylic acids is 1. The van der Waals surface area contributed by atoms with Crippen molar-refractivity contribution in [2.45, 2.75) is 43.9 Å². The molecule has 0 bridgehead atoms. The number of aromatic nitrogens is 4. The van der Waals surface area contributed by atoms with Gasteiger partial charge in [0.1, 0.15) is 0 Å². The van der Waals surface area contributed by atoms with Crippen LogP contribution in [0.2, 0.25) is 0 Å². The van der Waals surface area contributed by atoms with E-state index in [2.05, 4.69) is 20.0 Å². The Kier molecular flexibility index (Phi) is 5.44. The lowest BCUT2D eigenvalue weighted by Crippen LogP contribution is -2.24. The highest BCUT2D eigenvalue weighted by molar-refractivity contribution is 7.89. The molecule has 0 saturated carbocycles. The zero-order valence-electron chi connectivity index (χ0n) is 16.7.